The number of carbonyl (C=O) groups excluding carboxylic acids is 2. The van der Waals surface area contributed by atoms with Gasteiger partial charge in [-0.25, -0.2) is 9.18 Å². The van der Waals surface area contributed by atoms with E-state index in [1.54, 1.807) is 31.2 Å². The highest BCUT2D eigenvalue weighted by molar-refractivity contribution is 5.98. The van der Waals surface area contributed by atoms with Crippen molar-refractivity contribution in [2.45, 2.75) is 38.5 Å². The van der Waals surface area contributed by atoms with E-state index in [0.29, 0.717) is 11.1 Å². The number of halogens is 1. The van der Waals surface area contributed by atoms with Crippen LogP contribution in [0.15, 0.2) is 54.6 Å². The van der Waals surface area contributed by atoms with E-state index in [1.165, 1.54) is 42.4 Å². The summed E-state index contributed by atoms with van der Waals surface area (Å²) in [6.45, 7) is 5.52. The van der Waals surface area contributed by atoms with Crippen molar-refractivity contribution in [3.8, 4) is 5.75 Å². The predicted molar refractivity (Wildman–Crippen MR) is 113 cm³/mol. The van der Waals surface area contributed by atoms with Gasteiger partial charge in [0, 0.05) is 34.9 Å². The topological polar surface area (TPSA) is 76.1 Å². The summed E-state index contributed by atoms with van der Waals surface area (Å²) in [5, 5.41) is 12.2. The van der Waals surface area contributed by atoms with E-state index in [-0.39, 0.29) is 29.9 Å². The Morgan fingerprint density at radius 1 is 1.26 bits per heavy atom. The Morgan fingerprint density at radius 3 is 2.61 bits per heavy atom. The van der Waals surface area contributed by atoms with Crippen LogP contribution >= 0.6 is 0 Å². The van der Waals surface area contributed by atoms with Crippen LogP contribution < -0.4 is 4.74 Å². The molecule has 1 aliphatic heterocycles. The van der Waals surface area contributed by atoms with Crippen LogP contribution in [-0.2, 0) is 15.1 Å². The molecule has 2 atom stereocenters. The molecular weight excluding hydrogens is 401 g/mol. The van der Waals surface area contributed by atoms with Crippen LogP contribution in [0.3, 0.4) is 0 Å². The average Bonchev–Trinajstić information content (AvgIpc) is 2.74. The molecule has 3 rings (SSSR count). The molecule has 1 heterocycles. The average molecular weight is 427 g/mol. The lowest BCUT2D eigenvalue weighted by molar-refractivity contribution is -0.137. The monoisotopic (exact) mass is 427 g/mol. The van der Waals surface area contributed by atoms with E-state index in [9.17, 15) is 19.1 Å². The van der Waals surface area contributed by atoms with Crippen molar-refractivity contribution in [3.05, 3.63) is 77.1 Å². The second-order valence-electron chi connectivity index (χ2n) is 7.52. The quantitative estimate of drug-likeness (QED) is 0.565. The molecule has 164 valence electrons. The van der Waals surface area contributed by atoms with Crippen molar-refractivity contribution < 1.29 is 28.6 Å². The minimum absolute atomic E-state index is 0.130. The summed E-state index contributed by atoms with van der Waals surface area (Å²) in [7, 11) is 1.38. The second-order valence-corrected chi connectivity index (χ2v) is 7.52. The first kappa shape index (κ1) is 22.5. The third-order valence-electron chi connectivity index (χ3n) is 5.36. The Hall–Kier alpha value is -3.19. The fourth-order valence-corrected chi connectivity index (χ4v) is 4.06. The molecule has 0 saturated heterocycles. The Bertz CT molecular complexity index is 1020. The van der Waals surface area contributed by atoms with Gasteiger partial charge in [0.2, 0.25) is 0 Å². The number of carbonyl (C=O) groups is 2. The van der Waals surface area contributed by atoms with Gasteiger partial charge in [-0.3, -0.25) is 4.79 Å². The number of amides is 1. The summed E-state index contributed by atoms with van der Waals surface area (Å²) in [6.07, 6.45) is 2.65. The fraction of sp³-hybridized carbons (Fsp3) is 0.333. The Labute approximate surface area is 180 Å². The van der Waals surface area contributed by atoms with Crippen molar-refractivity contribution in [2.75, 3.05) is 13.7 Å². The standard InChI is InChI=1S/C24H26FNO5/c1-5-31-22(27)13-12-21-24(29,19-11-10-16(25)14-20(19)30-4)18-9-7-6-8-17(18)23(28)26(21)15(2)3/h6-15,21,29H,5H2,1-4H3/b13-12+. The number of aliphatic hydroxyl groups is 1. The van der Waals surface area contributed by atoms with E-state index in [2.05, 4.69) is 0 Å². The predicted octanol–water partition coefficient (Wildman–Crippen LogP) is 3.42. The van der Waals surface area contributed by atoms with E-state index in [4.69, 9.17) is 9.47 Å². The lowest BCUT2D eigenvalue weighted by atomic mass is 9.73. The van der Waals surface area contributed by atoms with Crippen LogP contribution in [0.5, 0.6) is 5.75 Å². The van der Waals surface area contributed by atoms with Crippen molar-refractivity contribution in [1.29, 1.82) is 0 Å². The van der Waals surface area contributed by atoms with Crippen molar-refractivity contribution in [3.63, 3.8) is 0 Å². The molecule has 2 aromatic rings. The first-order chi connectivity index (χ1) is 14.7. The maximum Gasteiger partial charge on any atom is 0.330 e. The molecule has 0 radical (unpaired) electrons. The summed E-state index contributed by atoms with van der Waals surface area (Å²) >= 11 is 0. The third-order valence-corrected chi connectivity index (χ3v) is 5.36. The minimum atomic E-state index is -1.81. The van der Waals surface area contributed by atoms with Crippen LogP contribution in [0.2, 0.25) is 0 Å². The lowest BCUT2D eigenvalue weighted by Gasteiger charge is -2.48. The SMILES string of the molecule is CCOC(=O)/C=C/C1N(C(C)C)C(=O)c2ccccc2C1(O)c1ccc(F)cc1OC. The highest BCUT2D eigenvalue weighted by Crippen LogP contribution is 2.46. The van der Waals surface area contributed by atoms with Gasteiger partial charge >= 0.3 is 5.97 Å². The number of rotatable bonds is 6. The summed E-state index contributed by atoms with van der Waals surface area (Å²) in [6, 6.07) is 9.27. The molecule has 1 N–H and O–H groups in total. The lowest BCUT2D eigenvalue weighted by Crippen LogP contribution is -2.59. The van der Waals surface area contributed by atoms with Gasteiger partial charge < -0.3 is 19.5 Å². The van der Waals surface area contributed by atoms with E-state index < -0.39 is 23.4 Å². The molecular formula is C24H26FNO5. The normalized spacial score (nSPS) is 20.8. The Kier molecular flexibility index (Phi) is 6.45. The number of fused-ring (bicyclic) bond motifs is 1. The van der Waals surface area contributed by atoms with Crippen molar-refractivity contribution >= 4 is 11.9 Å². The maximum absolute atomic E-state index is 13.9. The number of methoxy groups -OCH3 is 1. The molecule has 0 spiro atoms. The molecule has 2 aromatic carbocycles. The van der Waals surface area contributed by atoms with Gasteiger partial charge in [-0.1, -0.05) is 24.3 Å². The van der Waals surface area contributed by atoms with Gasteiger partial charge in [0.15, 0.2) is 0 Å². The first-order valence-electron chi connectivity index (χ1n) is 10.1. The molecule has 6 nitrogen and oxygen atoms in total. The number of esters is 1. The molecule has 7 heteroatoms. The summed E-state index contributed by atoms with van der Waals surface area (Å²) in [4.78, 5) is 26.9. The molecule has 0 bridgehead atoms. The smallest absolute Gasteiger partial charge is 0.330 e. The zero-order valence-corrected chi connectivity index (χ0v) is 18.0. The second kappa shape index (κ2) is 8.89. The Morgan fingerprint density at radius 2 is 1.97 bits per heavy atom. The van der Waals surface area contributed by atoms with E-state index >= 15 is 0 Å². The molecule has 1 amide bonds. The van der Waals surface area contributed by atoms with Crippen LogP contribution in [0.1, 0.15) is 42.3 Å². The third kappa shape index (κ3) is 3.93. The number of nitrogens with zero attached hydrogens (tertiary/aromatic N) is 1. The van der Waals surface area contributed by atoms with Crippen LogP contribution in [0, 0.1) is 5.82 Å². The number of hydrogen-bond acceptors (Lipinski definition) is 5. The van der Waals surface area contributed by atoms with Gasteiger partial charge in [0.05, 0.1) is 19.8 Å². The first-order valence-corrected chi connectivity index (χ1v) is 10.1. The Balaban J connectivity index is 2.32. The molecule has 0 saturated carbocycles. The van der Waals surface area contributed by atoms with Gasteiger partial charge in [0.1, 0.15) is 17.2 Å². The summed E-state index contributed by atoms with van der Waals surface area (Å²) in [5.74, 6) is -1.27. The van der Waals surface area contributed by atoms with Crippen LogP contribution in [-0.4, -0.2) is 47.7 Å². The highest BCUT2D eigenvalue weighted by atomic mass is 19.1. The van der Waals surface area contributed by atoms with E-state index in [0.717, 1.165) is 0 Å². The van der Waals surface area contributed by atoms with Gasteiger partial charge in [-0.2, -0.15) is 0 Å². The summed E-state index contributed by atoms with van der Waals surface area (Å²) in [5.41, 5.74) is -0.858. The van der Waals surface area contributed by atoms with Crippen molar-refractivity contribution in [2.24, 2.45) is 0 Å². The van der Waals surface area contributed by atoms with Gasteiger partial charge in [-0.15, -0.1) is 0 Å². The van der Waals surface area contributed by atoms with Crippen LogP contribution in [0.4, 0.5) is 4.39 Å². The fourth-order valence-electron chi connectivity index (χ4n) is 4.06. The molecule has 1 aliphatic rings. The number of hydrogen-bond donors (Lipinski definition) is 1. The molecule has 31 heavy (non-hydrogen) atoms. The van der Waals surface area contributed by atoms with Gasteiger partial charge in [-0.05, 0) is 39.0 Å². The highest BCUT2D eigenvalue weighted by Gasteiger charge is 2.52. The number of ether oxygens (including phenoxy) is 2. The van der Waals surface area contributed by atoms with E-state index in [1.807, 2.05) is 13.8 Å². The molecule has 0 aromatic heterocycles. The summed E-state index contributed by atoms with van der Waals surface area (Å²) < 4.78 is 24.3. The van der Waals surface area contributed by atoms with Gasteiger partial charge in [0.25, 0.3) is 5.91 Å². The molecule has 2 unspecified atom stereocenters. The zero-order chi connectivity index (χ0) is 22.8. The number of benzene rings is 2. The molecule has 0 fully saturated rings. The van der Waals surface area contributed by atoms with Crippen molar-refractivity contribution in [1.82, 2.24) is 4.90 Å². The van der Waals surface area contributed by atoms with Crippen LogP contribution in [0.25, 0.3) is 0 Å². The minimum Gasteiger partial charge on any atom is -0.496 e. The maximum atomic E-state index is 13.9. The largest absolute Gasteiger partial charge is 0.496 e. The molecule has 0 aliphatic carbocycles. The zero-order valence-electron chi connectivity index (χ0n) is 18.0.